The summed E-state index contributed by atoms with van der Waals surface area (Å²) in [6.07, 6.45) is 0. The number of aromatic nitrogens is 2. The number of halogens is 1. The topological polar surface area (TPSA) is 127 Å². The lowest BCUT2D eigenvalue weighted by Crippen LogP contribution is -2.31. The van der Waals surface area contributed by atoms with Gasteiger partial charge in [-0.3, -0.25) is 10.00 Å². The largest absolute Gasteiger partial charge is 0.382 e. The molecule has 0 spiro atoms. The Bertz CT molecular complexity index is 1200. The number of nitrogens with two attached hydrogens (primary N) is 3. The SMILES string of the molecule is NCc1cccc(N(C(N)=O)c2ccc(-c3ccc(Br)c4[nH]nc(N)c34)cc2)c1. The lowest BCUT2D eigenvalue weighted by molar-refractivity contribution is 0.256. The molecule has 4 rings (SSSR count). The van der Waals surface area contributed by atoms with Crippen LogP contribution in [-0.2, 0) is 6.54 Å². The maximum atomic E-state index is 12.2. The Morgan fingerprint density at radius 1 is 1.07 bits per heavy atom. The fourth-order valence-corrected chi connectivity index (χ4v) is 3.80. The van der Waals surface area contributed by atoms with Crippen LogP contribution in [-0.4, -0.2) is 16.2 Å². The number of amides is 2. The summed E-state index contributed by atoms with van der Waals surface area (Å²) in [5.41, 5.74) is 22.4. The zero-order chi connectivity index (χ0) is 20.5. The molecule has 29 heavy (non-hydrogen) atoms. The van der Waals surface area contributed by atoms with Crippen molar-refractivity contribution in [3.63, 3.8) is 0 Å². The van der Waals surface area contributed by atoms with Gasteiger partial charge in [0.15, 0.2) is 5.82 Å². The van der Waals surface area contributed by atoms with E-state index in [0.717, 1.165) is 32.1 Å². The van der Waals surface area contributed by atoms with Gasteiger partial charge in [0, 0.05) is 11.0 Å². The number of nitrogens with zero attached hydrogens (tertiary/aromatic N) is 2. The van der Waals surface area contributed by atoms with E-state index in [9.17, 15) is 4.79 Å². The van der Waals surface area contributed by atoms with Crippen LogP contribution < -0.4 is 22.1 Å². The highest BCUT2D eigenvalue weighted by Gasteiger charge is 2.17. The highest BCUT2D eigenvalue weighted by Crippen LogP contribution is 2.36. The zero-order valence-corrected chi connectivity index (χ0v) is 17.0. The lowest BCUT2D eigenvalue weighted by atomic mass is 10.0. The molecular formula is C21H19BrN6O. The molecule has 0 fully saturated rings. The Hall–Kier alpha value is -3.36. The Kier molecular flexibility index (Phi) is 4.96. The van der Waals surface area contributed by atoms with Crippen molar-refractivity contribution < 1.29 is 4.79 Å². The molecule has 0 bridgehead atoms. The minimum atomic E-state index is -0.572. The number of carbonyl (C=O) groups excluding carboxylic acids is 1. The second kappa shape index (κ2) is 7.57. The minimum Gasteiger partial charge on any atom is -0.382 e. The maximum absolute atomic E-state index is 12.2. The van der Waals surface area contributed by atoms with E-state index in [1.807, 2.05) is 60.7 Å². The number of anilines is 3. The van der Waals surface area contributed by atoms with E-state index in [-0.39, 0.29) is 0 Å². The summed E-state index contributed by atoms with van der Waals surface area (Å²) in [6.45, 7) is 0.380. The van der Waals surface area contributed by atoms with E-state index < -0.39 is 6.03 Å². The van der Waals surface area contributed by atoms with Gasteiger partial charge < -0.3 is 17.2 Å². The van der Waals surface area contributed by atoms with Crippen molar-refractivity contribution in [2.75, 3.05) is 10.6 Å². The van der Waals surface area contributed by atoms with E-state index in [1.165, 1.54) is 4.90 Å². The first kappa shape index (κ1) is 19.0. The molecule has 0 aliphatic carbocycles. The predicted octanol–water partition coefficient (Wildman–Crippen LogP) is 4.25. The first-order chi connectivity index (χ1) is 14.0. The fourth-order valence-electron chi connectivity index (χ4n) is 3.38. The molecule has 1 heterocycles. The van der Waals surface area contributed by atoms with Gasteiger partial charge in [-0.1, -0.05) is 30.3 Å². The number of hydrogen-bond donors (Lipinski definition) is 4. The molecule has 0 atom stereocenters. The van der Waals surface area contributed by atoms with Crippen molar-refractivity contribution in [1.29, 1.82) is 0 Å². The van der Waals surface area contributed by atoms with Crippen molar-refractivity contribution in [1.82, 2.24) is 10.2 Å². The van der Waals surface area contributed by atoms with E-state index >= 15 is 0 Å². The summed E-state index contributed by atoms with van der Waals surface area (Å²) in [7, 11) is 0. The quantitative estimate of drug-likeness (QED) is 0.370. The van der Waals surface area contributed by atoms with Crippen LogP contribution >= 0.6 is 15.9 Å². The standard InChI is InChI=1S/C21H19BrN6O/c22-17-9-8-16(18-19(17)26-27-20(18)24)13-4-6-14(7-5-13)28(21(25)29)15-3-1-2-12(10-15)11-23/h1-10H,11,23H2,(H2,25,29)(H3,24,26,27). The molecule has 0 saturated heterocycles. The summed E-state index contributed by atoms with van der Waals surface area (Å²) < 4.78 is 0.886. The molecule has 8 heteroatoms. The average molecular weight is 451 g/mol. The van der Waals surface area contributed by atoms with Gasteiger partial charge in [-0.2, -0.15) is 5.10 Å². The summed E-state index contributed by atoms with van der Waals surface area (Å²) in [5.74, 6) is 0.428. The van der Waals surface area contributed by atoms with Gasteiger partial charge >= 0.3 is 6.03 Å². The molecule has 7 N–H and O–H groups in total. The fraction of sp³-hybridized carbons (Fsp3) is 0.0476. The van der Waals surface area contributed by atoms with Crippen LogP contribution in [0.25, 0.3) is 22.0 Å². The smallest absolute Gasteiger partial charge is 0.323 e. The van der Waals surface area contributed by atoms with Crippen molar-refractivity contribution >= 4 is 50.1 Å². The molecule has 0 saturated carbocycles. The van der Waals surface area contributed by atoms with Crippen LogP contribution in [0.15, 0.2) is 65.1 Å². The van der Waals surface area contributed by atoms with E-state index in [4.69, 9.17) is 17.2 Å². The van der Waals surface area contributed by atoms with Gasteiger partial charge in [-0.25, -0.2) is 4.79 Å². The molecule has 146 valence electrons. The molecule has 1 aromatic heterocycles. The van der Waals surface area contributed by atoms with Crippen molar-refractivity contribution in [3.8, 4) is 11.1 Å². The molecule has 2 amide bonds. The van der Waals surface area contributed by atoms with Crippen LogP contribution in [0.5, 0.6) is 0 Å². The number of benzene rings is 3. The van der Waals surface area contributed by atoms with Crippen LogP contribution in [0.3, 0.4) is 0 Å². The average Bonchev–Trinajstić information content (AvgIpc) is 3.12. The molecule has 7 nitrogen and oxygen atoms in total. The molecule has 0 aliphatic rings. The van der Waals surface area contributed by atoms with Gasteiger partial charge in [-0.05, 0) is 63.0 Å². The van der Waals surface area contributed by atoms with Gasteiger partial charge in [0.1, 0.15) is 0 Å². The monoisotopic (exact) mass is 450 g/mol. The van der Waals surface area contributed by atoms with E-state index in [1.54, 1.807) is 0 Å². The van der Waals surface area contributed by atoms with Crippen molar-refractivity contribution in [3.05, 3.63) is 70.7 Å². The second-order valence-electron chi connectivity index (χ2n) is 6.55. The maximum Gasteiger partial charge on any atom is 0.323 e. The van der Waals surface area contributed by atoms with Crippen LogP contribution in [0, 0.1) is 0 Å². The number of aromatic amines is 1. The van der Waals surface area contributed by atoms with Gasteiger partial charge in [0.2, 0.25) is 0 Å². The number of urea groups is 1. The van der Waals surface area contributed by atoms with Gasteiger partial charge in [-0.15, -0.1) is 0 Å². The molecule has 4 aromatic rings. The first-order valence-corrected chi connectivity index (χ1v) is 9.70. The Morgan fingerprint density at radius 2 is 1.83 bits per heavy atom. The number of fused-ring (bicyclic) bond motifs is 1. The molecule has 0 unspecified atom stereocenters. The van der Waals surface area contributed by atoms with Crippen molar-refractivity contribution in [2.45, 2.75) is 6.54 Å². The van der Waals surface area contributed by atoms with Crippen LogP contribution in [0.2, 0.25) is 0 Å². The Morgan fingerprint density at radius 3 is 2.52 bits per heavy atom. The number of nitrogen functional groups attached to an aromatic ring is 1. The Labute approximate surface area is 175 Å². The molecule has 0 aliphatic heterocycles. The predicted molar refractivity (Wildman–Crippen MR) is 120 cm³/mol. The van der Waals surface area contributed by atoms with Gasteiger partial charge in [0.05, 0.1) is 22.3 Å². The molecule has 3 aromatic carbocycles. The summed E-state index contributed by atoms with van der Waals surface area (Å²) in [6, 6.07) is 18.3. The zero-order valence-electron chi connectivity index (χ0n) is 15.4. The third-order valence-electron chi connectivity index (χ3n) is 4.76. The number of hydrogen-bond acceptors (Lipinski definition) is 4. The number of primary amides is 1. The summed E-state index contributed by atoms with van der Waals surface area (Å²) in [4.78, 5) is 13.6. The third kappa shape index (κ3) is 3.43. The normalized spacial score (nSPS) is 11.0. The van der Waals surface area contributed by atoms with Crippen LogP contribution in [0.4, 0.5) is 22.0 Å². The minimum absolute atomic E-state index is 0.380. The number of rotatable bonds is 4. The first-order valence-electron chi connectivity index (χ1n) is 8.90. The summed E-state index contributed by atoms with van der Waals surface area (Å²) >= 11 is 3.51. The van der Waals surface area contributed by atoms with Crippen LogP contribution in [0.1, 0.15) is 5.56 Å². The lowest BCUT2D eigenvalue weighted by Gasteiger charge is -2.21. The van der Waals surface area contributed by atoms with Crippen molar-refractivity contribution in [2.24, 2.45) is 11.5 Å². The highest BCUT2D eigenvalue weighted by atomic mass is 79.9. The Balaban J connectivity index is 1.76. The molecular weight excluding hydrogens is 432 g/mol. The summed E-state index contributed by atoms with van der Waals surface area (Å²) in [5, 5.41) is 7.89. The highest BCUT2D eigenvalue weighted by molar-refractivity contribution is 9.10. The molecule has 0 radical (unpaired) electrons. The van der Waals surface area contributed by atoms with E-state index in [2.05, 4.69) is 26.1 Å². The third-order valence-corrected chi connectivity index (χ3v) is 5.42. The number of nitrogens with one attached hydrogen (secondary N) is 1. The number of carbonyl (C=O) groups is 1. The van der Waals surface area contributed by atoms with E-state index in [0.29, 0.717) is 23.7 Å². The number of H-pyrrole nitrogens is 1. The second-order valence-corrected chi connectivity index (χ2v) is 7.40. The van der Waals surface area contributed by atoms with Gasteiger partial charge in [0.25, 0.3) is 0 Å².